The summed E-state index contributed by atoms with van der Waals surface area (Å²) in [6, 6.07) is 14.8. The van der Waals surface area contributed by atoms with Gasteiger partial charge in [-0.2, -0.15) is 0 Å². The van der Waals surface area contributed by atoms with Crippen LogP contribution in [0, 0.1) is 0 Å². The predicted octanol–water partition coefficient (Wildman–Crippen LogP) is 2.67. The summed E-state index contributed by atoms with van der Waals surface area (Å²) < 4.78 is 5.09. The van der Waals surface area contributed by atoms with Gasteiger partial charge in [0.25, 0.3) is 0 Å². The van der Waals surface area contributed by atoms with Gasteiger partial charge in [0.05, 0.1) is 12.3 Å². The van der Waals surface area contributed by atoms with E-state index in [0.29, 0.717) is 13.0 Å². The maximum absolute atomic E-state index is 12.0. The van der Waals surface area contributed by atoms with Crippen LogP contribution in [-0.2, 0) is 16.0 Å². The normalized spacial score (nSPS) is 12.2. The molecule has 2 aromatic rings. The highest BCUT2D eigenvalue weighted by molar-refractivity contribution is 5.82. The van der Waals surface area contributed by atoms with Gasteiger partial charge in [0, 0.05) is 18.8 Å². The van der Waals surface area contributed by atoms with Crippen molar-refractivity contribution in [3.05, 3.63) is 66.0 Å². The van der Waals surface area contributed by atoms with Crippen molar-refractivity contribution >= 4 is 12.2 Å². The summed E-state index contributed by atoms with van der Waals surface area (Å²) in [5, 5.41) is 0. The minimum atomic E-state index is -0.547. The average Bonchev–Trinajstić information content (AvgIpc) is 2.53. The lowest BCUT2D eigenvalue weighted by Gasteiger charge is -2.11. The molecule has 0 unspecified atom stereocenters. The molecule has 0 aliphatic carbocycles. The Labute approximate surface area is 124 Å². The number of carbonyl (C=O) groups excluding carboxylic acids is 1. The Bertz CT molecular complexity index is 582. The van der Waals surface area contributed by atoms with Gasteiger partial charge in [-0.05, 0) is 24.6 Å². The largest absolute Gasteiger partial charge is 0.464 e. The highest BCUT2D eigenvalue weighted by Gasteiger charge is 2.18. The van der Waals surface area contributed by atoms with E-state index in [2.05, 4.69) is 9.98 Å². The van der Waals surface area contributed by atoms with Crippen molar-refractivity contribution in [1.82, 2.24) is 4.98 Å². The number of aliphatic imine (C=N–C) groups is 1. The molecule has 108 valence electrons. The third kappa shape index (κ3) is 4.84. The lowest BCUT2D eigenvalue weighted by molar-refractivity contribution is -0.144. The van der Waals surface area contributed by atoms with Crippen molar-refractivity contribution in [1.29, 1.82) is 0 Å². The Kier molecular flexibility index (Phi) is 5.64. The first kappa shape index (κ1) is 14.9. The van der Waals surface area contributed by atoms with Crippen molar-refractivity contribution in [2.45, 2.75) is 19.4 Å². The minimum absolute atomic E-state index is 0.312. The van der Waals surface area contributed by atoms with Gasteiger partial charge in [0.1, 0.15) is 0 Å². The molecule has 0 aliphatic heterocycles. The summed E-state index contributed by atoms with van der Waals surface area (Å²) >= 11 is 0. The molecule has 0 spiro atoms. The Morgan fingerprint density at radius 2 is 2.00 bits per heavy atom. The number of pyridine rings is 1. The zero-order valence-corrected chi connectivity index (χ0v) is 12.0. The Morgan fingerprint density at radius 1 is 1.24 bits per heavy atom. The highest BCUT2D eigenvalue weighted by atomic mass is 16.5. The van der Waals surface area contributed by atoms with Crippen molar-refractivity contribution in [2.75, 3.05) is 6.61 Å². The zero-order chi connectivity index (χ0) is 14.9. The molecule has 0 saturated carbocycles. The maximum Gasteiger partial charge on any atom is 0.331 e. The third-order valence-corrected chi connectivity index (χ3v) is 2.91. The number of rotatable bonds is 6. The standard InChI is InChI=1S/C17H18N2O2/c1-2-21-17(20)16(12-14-8-4-3-5-9-14)19-13-15-10-6-7-11-18-15/h3-11,13,16H,2,12H2,1H3/t16-/m0/s1. The molecule has 0 bridgehead atoms. The lowest BCUT2D eigenvalue weighted by Crippen LogP contribution is -2.24. The van der Waals surface area contributed by atoms with Crippen LogP contribution in [0.15, 0.2) is 59.7 Å². The molecule has 1 aromatic carbocycles. The number of ether oxygens (including phenoxy) is 1. The van der Waals surface area contributed by atoms with E-state index in [-0.39, 0.29) is 5.97 Å². The number of benzene rings is 1. The van der Waals surface area contributed by atoms with Crippen LogP contribution in [0.3, 0.4) is 0 Å². The highest BCUT2D eigenvalue weighted by Crippen LogP contribution is 2.08. The van der Waals surface area contributed by atoms with Crippen LogP contribution >= 0.6 is 0 Å². The van der Waals surface area contributed by atoms with Gasteiger partial charge < -0.3 is 4.74 Å². The molecule has 0 aliphatic rings. The second-order valence-electron chi connectivity index (χ2n) is 4.49. The molecule has 2 rings (SSSR count). The minimum Gasteiger partial charge on any atom is -0.464 e. The lowest BCUT2D eigenvalue weighted by atomic mass is 10.1. The van der Waals surface area contributed by atoms with Gasteiger partial charge in [0.15, 0.2) is 6.04 Å². The van der Waals surface area contributed by atoms with Crippen LogP contribution in [0.25, 0.3) is 0 Å². The van der Waals surface area contributed by atoms with Crippen LogP contribution in [0.1, 0.15) is 18.2 Å². The number of aromatic nitrogens is 1. The van der Waals surface area contributed by atoms with E-state index < -0.39 is 6.04 Å². The first-order chi connectivity index (χ1) is 10.3. The molecular formula is C17H18N2O2. The van der Waals surface area contributed by atoms with Crippen molar-refractivity contribution < 1.29 is 9.53 Å². The van der Waals surface area contributed by atoms with E-state index in [1.54, 1.807) is 19.3 Å². The summed E-state index contributed by atoms with van der Waals surface area (Å²) in [6.45, 7) is 2.14. The van der Waals surface area contributed by atoms with E-state index in [9.17, 15) is 4.79 Å². The van der Waals surface area contributed by atoms with Crippen LogP contribution in [-0.4, -0.2) is 29.8 Å². The smallest absolute Gasteiger partial charge is 0.331 e. The zero-order valence-electron chi connectivity index (χ0n) is 12.0. The SMILES string of the molecule is CCOC(=O)[C@H](Cc1ccccc1)N=Cc1ccccn1. The Hall–Kier alpha value is -2.49. The quantitative estimate of drug-likeness (QED) is 0.604. The molecule has 0 fully saturated rings. The molecule has 4 heteroatoms. The van der Waals surface area contributed by atoms with E-state index in [4.69, 9.17) is 4.74 Å². The van der Waals surface area contributed by atoms with Crippen LogP contribution < -0.4 is 0 Å². The van der Waals surface area contributed by atoms with Crippen LogP contribution in [0.2, 0.25) is 0 Å². The second kappa shape index (κ2) is 7.94. The molecule has 1 heterocycles. The summed E-state index contributed by atoms with van der Waals surface area (Å²) in [5.74, 6) is -0.312. The predicted molar refractivity (Wildman–Crippen MR) is 82.4 cm³/mol. The number of hydrogen-bond acceptors (Lipinski definition) is 4. The molecule has 21 heavy (non-hydrogen) atoms. The van der Waals surface area contributed by atoms with Crippen molar-refractivity contribution in [3.8, 4) is 0 Å². The fourth-order valence-corrected chi connectivity index (χ4v) is 1.89. The van der Waals surface area contributed by atoms with Gasteiger partial charge >= 0.3 is 5.97 Å². The van der Waals surface area contributed by atoms with Crippen molar-refractivity contribution in [2.24, 2.45) is 4.99 Å². The fraction of sp³-hybridized carbons (Fsp3) is 0.235. The third-order valence-electron chi connectivity index (χ3n) is 2.91. The van der Waals surface area contributed by atoms with Gasteiger partial charge in [-0.1, -0.05) is 36.4 Å². The van der Waals surface area contributed by atoms with E-state index in [0.717, 1.165) is 11.3 Å². The molecule has 1 atom stereocenters. The van der Waals surface area contributed by atoms with Gasteiger partial charge in [-0.15, -0.1) is 0 Å². The molecule has 0 N–H and O–H groups in total. The van der Waals surface area contributed by atoms with E-state index in [1.807, 2.05) is 48.5 Å². The van der Waals surface area contributed by atoms with Crippen LogP contribution in [0.5, 0.6) is 0 Å². The molecule has 4 nitrogen and oxygen atoms in total. The van der Waals surface area contributed by atoms with Gasteiger partial charge in [-0.25, -0.2) is 4.79 Å². The summed E-state index contributed by atoms with van der Waals surface area (Å²) in [7, 11) is 0. The Morgan fingerprint density at radius 3 is 2.67 bits per heavy atom. The summed E-state index contributed by atoms with van der Waals surface area (Å²) in [5.41, 5.74) is 1.77. The molecule has 0 radical (unpaired) electrons. The first-order valence-corrected chi connectivity index (χ1v) is 6.94. The fourth-order valence-electron chi connectivity index (χ4n) is 1.89. The molecular weight excluding hydrogens is 264 g/mol. The van der Waals surface area contributed by atoms with E-state index in [1.165, 1.54) is 0 Å². The van der Waals surface area contributed by atoms with Crippen LogP contribution in [0.4, 0.5) is 0 Å². The van der Waals surface area contributed by atoms with Crippen molar-refractivity contribution in [3.63, 3.8) is 0 Å². The Balaban J connectivity index is 2.12. The molecule has 1 aromatic heterocycles. The number of esters is 1. The van der Waals surface area contributed by atoms with E-state index >= 15 is 0 Å². The number of carbonyl (C=O) groups is 1. The molecule has 0 saturated heterocycles. The average molecular weight is 282 g/mol. The number of hydrogen-bond donors (Lipinski definition) is 0. The second-order valence-corrected chi connectivity index (χ2v) is 4.49. The molecule has 0 amide bonds. The van der Waals surface area contributed by atoms with Gasteiger partial charge in [0.2, 0.25) is 0 Å². The summed E-state index contributed by atoms with van der Waals surface area (Å²) in [6.07, 6.45) is 3.82. The monoisotopic (exact) mass is 282 g/mol. The first-order valence-electron chi connectivity index (χ1n) is 6.94. The summed E-state index contributed by atoms with van der Waals surface area (Å²) in [4.78, 5) is 20.5. The number of nitrogens with zero attached hydrogens (tertiary/aromatic N) is 2. The van der Waals surface area contributed by atoms with Gasteiger partial charge in [-0.3, -0.25) is 9.98 Å². The maximum atomic E-state index is 12.0. The topological polar surface area (TPSA) is 51.5 Å².